The average Bonchev–Trinajstić information content (AvgIpc) is 2.47. The molecule has 1 aliphatic rings. The van der Waals surface area contributed by atoms with Crippen molar-refractivity contribution in [2.75, 3.05) is 18.4 Å². The third-order valence-electron chi connectivity index (χ3n) is 3.65. The molecule has 1 heterocycles. The van der Waals surface area contributed by atoms with Crippen LogP contribution in [0.2, 0.25) is 0 Å². The summed E-state index contributed by atoms with van der Waals surface area (Å²) in [5, 5.41) is 20.8. The van der Waals surface area contributed by atoms with Crippen LogP contribution < -0.4 is 5.32 Å². The van der Waals surface area contributed by atoms with Gasteiger partial charge < -0.3 is 15.3 Å². The van der Waals surface area contributed by atoms with Gasteiger partial charge in [0, 0.05) is 31.6 Å². The number of urea groups is 1. The predicted octanol–water partition coefficient (Wildman–Crippen LogP) is 2.48. The number of piperidine rings is 1. The van der Waals surface area contributed by atoms with E-state index < -0.39 is 30.7 Å². The molecule has 1 fully saturated rings. The van der Waals surface area contributed by atoms with Gasteiger partial charge in [-0.3, -0.25) is 0 Å². The fourth-order valence-electron chi connectivity index (χ4n) is 2.23. The van der Waals surface area contributed by atoms with E-state index in [0.717, 1.165) is 0 Å². The van der Waals surface area contributed by atoms with Crippen LogP contribution >= 0.6 is 0 Å². The molecule has 0 aliphatic carbocycles. The summed E-state index contributed by atoms with van der Waals surface area (Å²) in [6.45, 7) is -0.389. The van der Waals surface area contributed by atoms with Crippen LogP contribution in [0.4, 0.5) is 23.7 Å². The fraction of sp³-hybridized carbons (Fsp3) is 0.429. The minimum Gasteiger partial charge on any atom is -0.380 e. The van der Waals surface area contributed by atoms with Crippen LogP contribution in [0.3, 0.4) is 0 Å². The molecule has 2 N–H and O–H groups in total. The fourth-order valence-corrected chi connectivity index (χ4v) is 2.23. The molecule has 1 saturated heterocycles. The number of halogens is 3. The molecule has 1 aromatic carbocycles. The first-order valence-electron chi connectivity index (χ1n) is 6.60. The van der Waals surface area contributed by atoms with Crippen LogP contribution in [0, 0.1) is 11.3 Å². The summed E-state index contributed by atoms with van der Waals surface area (Å²) in [5.41, 5.74) is -1.98. The smallest absolute Gasteiger partial charge is 0.380 e. The van der Waals surface area contributed by atoms with Crippen molar-refractivity contribution in [1.29, 1.82) is 5.26 Å². The van der Waals surface area contributed by atoms with Crippen molar-refractivity contribution in [2.24, 2.45) is 0 Å². The maximum Gasteiger partial charge on any atom is 0.417 e. The third-order valence-corrected chi connectivity index (χ3v) is 3.65. The van der Waals surface area contributed by atoms with Gasteiger partial charge >= 0.3 is 12.2 Å². The van der Waals surface area contributed by atoms with Gasteiger partial charge in [-0.25, -0.2) is 4.79 Å². The van der Waals surface area contributed by atoms with Crippen LogP contribution in [0.25, 0.3) is 0 Å². The summed E-state index contributed by atoms with van der Waals surface area (Å²) in [6, 6.07) is 7.57. The number of nitrogens with one attached hydrogen (secondary N) is 1. The van der Waals surface area contributed by atoms with E-state index in [1.807, 2.05) is 6.07 Å². The molecule has 2 amide bonds. The molecule has 2 rings (SSSR count). The number of anilines is 1. The molecule has 0 aromatic heterocycles. The Kier molecular flexibility index (Phi) is 4.28. The molecule has 118 valence electrons. The Labute approximate surface area is 124 Å². The maximum absolute atomic E-state index is 12.7. The van der Waals surface area contributed by atoms with Crippen molar-refractivity contribution in [1.82, 2.24) is 4.90 Å². The molecule has 1 aromatic rings. The number of carbonyl (C=O) groups excluding carboxylic acids is 1. The molecule has 0 unspecified atom stereocenters. The minimum absolute atomic E-state index is 0.195. The third kappa shape index (κ3) is 3.31. The number of rotatable bonds is 1. The average molecular weight is 313 g/mol. The van der Waals surface area contributed by atoms with Gasteiger partial charge in [0.15, 0.2) is 5.60 Å². The zero-order chi connectivity index (χ0) is 16.4. The zero-order valence-corrected chi connectivity index (χ0v) is 11.5. The molecule has 22 heavy (non-hydrogen) atoms. The SMILES string of the molecule is N#Cc1cccc(NC(=O)N2CCC(O)(C(F)(F)F)CC2)c1. The molecule has 0 radical (unpaired) electrons. The Morgan fingerprint density at radius 1 is 1.36 bits per heavy atom. The Morgan fingerprint density at radius 2 is 2.00 bits per heavy atom. The van der Waals surface area contributed by atoms with E-state index >= 15 is 0 Å². The highest BCUT2D eigenvalue weighted by Crippen LogP contribution is 2.38. The van der Waals surface area contributed by atoms with Crippen molar-refractivity contribution >= 4 is 11.7 Å². The number of likely N-dealkylation sites (tertiary alicyclic amines) is 1. The van der Waals surface area contributed by atoms with Gasteiger partial charge in [0.2, 0.25) is 0 Å². The van der Waals surface area contributed by atoms with Crippen LogP contribution in [0.15, 0.2) is 24.3 Å². The summed E-state index contributed by atoms with van der Waals surface area (Å²) in [7, 11) is 0. The minimum atomic E-state index is -4.70. The lowest BCUT2D eigenvalue weighted by Crippen LogP contribution is -2.55. The molecule has 5 nitrogen and oxygen atoms in total. The second kappa shape index (κ2) is 5.85. The van der Waals surface area contributed by atoms with Gasteiger partial charge in [0.1, 0.15) is 0 Å². The van der Waals surface area contributed by atoms with Gasteiger partial charge in [-0.05, 0) is 18.2 Å². The molecule has 8 heteroatoms. The Morgan fingerprint density at radius 3 is 2.55 bits per heavy atom. The molecule has 0 saturated carbocycles. The number of nitriles is 1. The van der Waals surface area contributed by atoms with Crippen molar-refractivity contribution in [3.8, 4) is 6.07 Å². The lowest BCUT2D eigenvalue weighted by Gasteiger charge is -2.38. The monoisotopic (exact) mass is 313 g/mol. The topological polar surface area (TPSA) is 76.4 Å². The van der Waals surface area contributed by atoms with E-state index in [2.05, 4.69) is 5.32 Å². The number of alkyl halides is 3. The summed E-state index contributed by atoms with van der Waals surface area (Å²) < 4.78 is 38.1. The second-order valence-corrected chi connectivity index (χ2v) is 5.14. The quantitative estimate of drug-likeness (QED) is 0.836. The summed E-state index contributed by atoms with van der Waals surface area (Å²) >= 11 is 0. The van der Waals surface area contributed by atoms with Crippen molar-refractivity contribution in [2.45, 2.75) is 24.6 Å². The van der Waals surface area contributed by atoms with Crippen molar-refractivity contribution in [3.05, 3.63) is 29.8 Å². The second-order valence-electron chi connectivity index (χ2n) is 5.14. The largest absolute Gasteiger partial charge is 0.417 e. The maximum atomic E-state index is 12.7. The van der Waals surface area contributed by atoms with Gasteiger partial charge in [-0.1, -0.05) is 6.07 Å². The lowest BCUT2D eigenvalue weighted by molar-refractivity contribution is -0.271. The van der Waals surface area contributed by atoms with Gasteiger partial charge in [-0.15, -0.1) is 0 Å². The number of aliphatic hydroxyl groups is 1. The summed E-state index contributed by atoms with van der Waals surface area (Å²) in [6.07, 6.45) is -5.80. The molecule has 0 atom stereocenters. The standard InChI is InChI=1S/C14H14F3N3O2/c15-14(16,17)13(22)4-6-20(7-5-13)12(21)19-11-3-1-2-10(8-11)9-18/h1-3,8,22H,4-7H2,(H,19,21). The van der Waals surface area contributed by atoms with Gasteiger partial charge in [-0.2, -0.15) is 18.4 Å². The lowest BCUT2D eigenvalue weighted by atomic mass is 9.91. The van der Waals surface area contributed by atoms with E-state index in [9.17, 15) is 23.1 Å². The first-order valence-corrected chi connectivity index (χ1v) is 6.60. The predicted molar refractivity (Wildman–Crippen MR) is 72.0 cm³/mol. The zero-order valence-electron chi connectivity index (χ0n) is 11.5. The van der Waals surface area contributed by atoms with E-state index in [0.29, 0.717) is 11.3 Å². The van der Waals surface area contributed by atoms with Crippen LogP contribution in [0.5, 0.6) is 0 Å². The van der Waals surface area contributed by atoms with E-state index in [1.165, 1.54) is 11.0 Å². The Hall–Kier alpha value is -2.27. The highest BCUT2D eigenvalue weighted by molar-refractivity contribution is 5.89. The van der Waals surface area contributed by atoms with E-state index in [1.54, 1.807) is 18.2 Å². The van der Waals surface area contributed by atoms with E-state index in [-0.39, 0.29) is 13.1 Å². The van der Waals surface area contributed by atoms with Crippen LogP contribution in [-0.4, -0.2) is 40.9 Å². The summed E-state index contributed by atoms with van der Waals surface area (Å²) in [5.74, 6) is 0. The number of hydrogen-bond donors (Lipinski definition) is 2. The first-order chi connectivity index (χ1) is 10.2. The molecular formula is C14H14F3N3O2. The number of amides is 2. The molecule has 0 bridgehead atoms. The molecule has 0 spiro atoms. The van der Waals surface area contributed by atoms with Crippen LogP contribution in [0.1, 0.15) is 18.4 Å². The number of hydrogen-bond acceptors (Lipinski definition) is 3. The van der Waals surface area contributed by atoms with Gasteiger partial charge in [0.25, 0.3) is 0 Å². The normalized spacial score (nSPS) is 17.7. The van der Waals surface area contributed by atoms with Crippen molar-refractivity contribution < 1.29 is 23.1 Å². The highest BCUT2D eigenvalue weighted by Gasteiger charge is 2.54. The highest BCUT2D eigenvalue weighted by atomic mass is 19.4. The molecule has 1 aliphatic heterocycles. The van der Waals surface area contributed by atoms with Crippen LogP contribution in [-0.2, 0) is 0 Å². The Balaban J connectivity index is 1.97. The number of carbonyl (C=O) groups is 1. The Bertz CT molecular complexity index is 602. The molecular weight excluding hydrogens is 299 g/mol. The van der Waals surface area contributed by atoms with Crippen molar-refractivity contribution in [3.63, 3.8) is 0 Å². The van der Waals surface area contributed by atoms with E-state index in [4.69, 9.17) is 5.26 Å². The number of benzene rings is 1. The number of nitrogens with zero attached hydrogens (tertiary/aromatic N) is 2. The van der Waals surface area contributed by atoms with Gasteiger partial charge in [0.05, 0.1) is 11.6 Å². The first kappa shape index (κ1) is 16.1. The summed E-state index contributed by atoms with van der Waals surface area (Å²) in [4.78, 5) is 13.2.